The molecule has 0 aromatic heterocycles. The van der Waals surface area contributed by atoms with E-state index in [0.29, 0.717) is 30.4 Å². The fourth-order valence-electron chi connectivity index (χ4n) is 3.56. The van der Waals surface area contributed by atoms with E-state index in [9.17, 15) is 13.2 Å². The van der Waals surface area contributed by atoms with Crippen LogP contribution in [0.15, 0.2) is 59.5 Å². The van der Waals surface area contributed by atoms with Gasteiger partial charge in [0, 0.05) is 11.3 Å². The standard InChI is InChI=1S/C25H25ClN2O5S/c1-15-4-7-20(12-16(15)2)28-34(30,31)24-14-19(5-8-21(24)26)25(29)27-17(3)18-6-9-22-23(13-18)33-11-10-32-22/h4-9,12-14,17,28H,10-11H2,1-3H3,(H,27,29). The number of fused-ring (bicyclic) bond motifs is 1. The van der Waals surface area contributed by atoms with Crippen molar-refractivity contribution in [3.05, 3.63) is 81.9 Å². The lowest BCUT2D eigenvalue weighted by molar-refractivity contribution is 0.0939. The molecule has 178 valence electrons. The highest BCUT2D eigenvalue weighted by Gasteiger charge is 2.22. The van der Waals surface area contributed by atoms with Crippen LogP contribution >= 0.6 is 11.6 Å². The van der Waals surface area contributed by atoms with Crippen LogP contribution in [0.4, 0.5) is 5.69 Å². The number of rotatable bonds is 6. The van der Waals surface area contributed by atoms with E-state index in [1.807, 2.05) is 39.0 Å². The number of carbonyl (C=O) groups excluding carboxylic acids is 1. The number of nitrogens with one attached hydrogen (secondary N) is 2. The summed E-state index contributed by atoms with van der Waals surface area (Å²) in [7, 11) is -4.01. The first-order valence-corrected chi connectivity index (χ1v) is 12.6. The molecule has 1 atom stereocenters. The van der Waals surface area contributed by atoms with Gasteiger partial charge in [-0.3, -0.25) is 9.52 Å². The summed E-state index contributed by atoms with van der Waals surface area (Å²) in [6.45, 7) is 6.64. The molecule has 7 nitrogen and oxygen atoms in total. The van der Waals surface area contributed by atoms with Crippen molar-refractivity contribution in [2.45, 2.75) is 31.7 Å². The van der Waals surface area contributed by atoms with Gasteiger partial charge in [-0.15, -0.1) is 0 Å². The Hall–Kier alpha value is -3.23. The van der Waals surface area contributed by atoms with E-state index in [2.05, 4.69) is 10.0 Å². The van der Waals surface area contributed by atoms with Gasteiger partial charge in [0.25, 0.3) is 15.9 Å². The zero-order valence-electron chi connectivity index (χ0n) is 19.0. The highest BCUT2D eigenvalue weighted by Crippen LogP contribution is 2.33. The van der Waals surface area contributed by atoms with Crippen LogP contribution in [0.1, 0.15) is 40.0 Å². The van der Waals surface area contributed by atoms with Gasteiger partial charge >= 0.3 is 0 Å². The first-order chi connectivity index (χ1) is 16.1. The van der Waals surface area contributed by atoms with Crippen LogP contribution in [0.25, 0.3) is 0 Å². The lowest BCUT2D eigenvalue weighted by Gasteiger charge is -2.21. The number of aryl methyl sites for hydroxylation is 2. The highest BCUT2D eigenvalue weighted by atomic mass is 35.5. The van der Waals surface area contributed by atoms with Gasteiger partial charge < -0.3 is 14.8 Å². The molecule has 0 saturated carbocycles. The third kappa shape index (κ3) is 5.13. The molecule has 3 aromatic rings. The summed E-state index contributed by atoms with van der Waals surface area (Å²) in [4.78, 5) is 12.7. The van der Waals surface area contributed by atoms with Crippen LogP contribution in [0.2, 0.25) is 5.02 Å². The molecule has 1 aliphatic rings. The Morgan fingerprint density at radius 3 is 2.41 bits per heavy atom. The largest absolute Gasteiger partial charge is 0.486 e. The van der Waals surface area contributed by atoms with Crippen LogP contribution < -0.4 is 19.5 Å². The van der Waals surface area contributed by atoms with E-state index < -0.39 is 15.9 Å². The number of anilines is 1. The lowest BCUT2D eigenvalue weighted by Crippen LogP contribution is -2.27. The summed E-state index contributed by atoms with van der Waals surface area (Å²) in [5.74, 6) is 0.862. The van der Waals surface area contributed by atoms with Gasteiger partial charge in [0.15, 0.2) is 11.5 Å². The average Bonchev–Trinajstić information content (AvgIpc) is 2.81. The molecule has 4 rings (SSSR count). The number of amides is 1. The van der Waals surface area contributed by atoms with E-state index in [-0.39, 0.29) is 21.5 Å². The normalized spacial score (nSPS) is 13.8. The number of benzene rings is 3. The van der Waals surface area contributed by atoms with Crippen LogP contribution in [0.5, 0.6) is 11.5 Å². The van der Waals surface area contributed by atoms with Gasteiger partial charge in [0.2, 0.25) is 0 Å². The molecule has 0 bridgehead atoms. The molecule has 2 N–H and O–H groups in total. The Bertz CT molecular complexity index is 1360. The number of hydrogen-bond donors (Lipinski definition) is 2. The lowest BCUT2D eigenvalue weighted by atomic mass is 10.1. The Morgan fingerprint density at radius 2 is 1.68 bits per heavy atom. The Morgan fingerprint density at radius 1 is 0.941 bits per heavy atom. The smallest absolute Gasteiger partial charge is 0.263 e. The summed E-state index contributed by atoms with van der Waals surface area (Å²) >= 11 is 6.20. The zero-order valence-corrected chi connectivity index (χ0v) is 20.6. The summed E-state index contributed by atoms with van der Waals surface area (Å²) in [6, 6.07) is 14.5. The molecule has 0 fully saturated rings. The minimum Gasteiger partial charge on any atom is -0.486 e. The molecule has 34 heavy (non-hydrogen) atoms. The molecule has 1 unspecified atom stereocenters. The van der Waals surface area contributed by atoms with Crippen molar-refractivity contribution in [3.63, 3.8) is 0 Å². The summed E-state index contributed by atoms with van der Waals surface area (Å²) in [5, 5.41) is 2.91. The van der Waals surface area contributed by atoms with Gasteiger partial charge in [0.05, 0.1) is 11.1 Å². The molecule has 1 aliphatic heterocycles. The zero-order chi connectivity index (χ0) is 24.5. The third-order valence-corrected chi connectivity index (χ3v) is 7.52. The Balaban J connectivity index is 1.53. The minimum atomic E-state index is -4.01. The summed E-state index contributed by atoms with van der Waals surface area (Å²) in [6.07, 6.45) is 0. The predicted octanol–water partition coefficient (Wildman–Crippen LogP) is 5.02. The maximum atomic E-state index is 13.0. The molecular formula is C25H25ClN2O5S. The van der Waals surface area contributed by atoms with Crippen LogP contribution in [0.3, 0.4) is 0 Å². The highest BCUT2D eigenvalue weighted by molar-refractivity contribution is 7.92. The van der Waals surface area contributed by atoms with Crippen LogP contribution in [0, 0.1) is 13.8 Å². The van der Waals surface area contributed by atoms with Crippen molar-refractivity contribution in [1.29, 1.82) is 0 Å². The number of ether oxygens (including phenoxy) is 2. The molecular weight excluding hydrogens is 476 g/mol. The Kier molecular flexibility index (Phi) is 6.72. The quantitative estimate of drug-likeness (QED) is 0.495. The van der Waals surface area contributed by atoms with Gasteiger partial charge in [-0.2, -0.15) is 0 Å². The van der Waals surface area contributed by atoms with Crippen molar-refractivity contribution >= 4 is 33.2 Å². The molecule has 9 heteroatoms. The second kappa shape index (κ2) is 9.56. The molecule has 1 amide bonds. The number of carbonyl (C=O) groups is 1. The number of hydrogen-bond acceptors (Lipinski definition) is 5. The molecule has 0 aliphatic carbocycles. The molecule has 0 saturated heterocycles. The summed E-state index contributed by atoms with van der Waals surface area (Å²) < 4.78 is 39.7. The van der Waals surface area contributed by atoms with Gasteiger partial charge in [0.1, 0.15) is 18.1 Å². The number of halogens is 1. The van der Waals surface area contributed by atoms with E-state index in [0.717, 1.165) is 16.7 Å². The van der Waals surface area contributed by atoms with Gasteiger partial charge in [-0.05, 0) is 79.9 Å². The van der Waals surface area contributed by atoms with Gasteiger partial charge in [-0.25, -0.2) is 8.42 Å². The third-order valence-electron chi connectivity index (χ3n) is 5.66. The first kappa shape index (κ1) is 23.9. The fraction of sp³-hybridized carbons (Fsp3) is 0.240. The summed E-state index contributed by atoms with van der Waals surface area (Å²) in [5.41, 5.74) is 3.42. The van der Waals surface area contributed by atoms with Crippen molar-refractivity contribution in [1.82, 2.24) is 5.32 Å². The number of sulfonamides is 1. The van der Waals surface area contributed by atoms with Crippen molar-refractivity contribution < 1.29 is 22.7 Å². The predicted molar refractivity (Wildman–Crippen MR) is 131 cm³/mol. The van der Waals surface area contributed by atoms with Crippen LogP contribution in [-0.4, -0.2) is 27.5 Å². The maximum absolute atomic E-state index is 13.0. The maximum Gasteiger partial charge on any atom is 0.263 e. The second-order valence-corrected chi connectivity index (χ2v) is 10.2. The van der Waals surface area contributed by atoms with E-state index >= 15 is 0 Å². The van der Waals surface area contributed by atoms with E-state index in [4.69, 9.17) is 21.1 Å². The van der Waals surface area contributed by atoms with E-state index in [1.165, 1.54) is 18.2 Å². The fourth-order valence-corrected chi connectivity index (χ4v) is 5.13. The SMILES string of the molecule is Cc1ccc(NS(=O)(=O)c2cc(C(=O)NC(C)c3ccc4c(c3)OCCO4)ccc2Cl)cc1C. The minimum absolute atomic E-state index is 0.0211. The second-order valence-electron chi connectivity index (χ2n) is 8.15. The first-order valence-electron chi connectivity index (χ1n) is 10.7. The molecule has 1 heterocycles. The van der Waals surface area contributed by atoms with E-state index in [1.54, 1.807) is 18.2 Å². The monoisotopic (exact) mass is 500 g/mol. The van der Waals surface area contributed by atoms with Crippen molar-refractivity contribution in [2.24, 2.45) is 0 Å². The Labute approximate surface area is 204 Å². The topological polar surface area (TPSA) is 93.7 Å². The van der Waals surface area contributed by atoms with Crippen molar-refractivity contribution in [3.8, 4) is 11.5 Å². The van der Waals surface area contributed by atoms with Crippen LogP contribution in [-0.2, 0) is 10.0 Å². The molecule has 0 spiro atoms. The van der Waals surface area contributed by atoms with Crippen molar-refractivity contribution in [2.75, 3.05) is 17.9 Å². The average molecular weight is 501 g/mol. The molecule has 0 radical (unpaired) electrons. The van der Waals surface area contributed by atoms with Gasteiger partial charge in [-0.1, -0.05) is 23.7 Å². The molecule has 3 aromatic carbocycles.